The minimum atomic E-state index is 0.187. The number of thiocarbonyl (C=S) groups is 1. The maximum Gasteiger partial charge on any atom is 0.268 e. The summed E-state index contributed by atoms with van der Waals surface area (Å²) in [6, 6.07) is 9.28. The van der Waals surface area contributed by atoms with Gasteiger partial charge in [0.05, 0.1) is 18.5 Å². The summed E-state index contributed by atoms with van der Waals surface area (Å²) < 4.78 is 10.7. The molecule has 0 aliphatic heterocycles. The van der Waals surface area contributed by atoms with Gasteiger partial charge in [0.25, 0.3) is 11.1 Å². The zero-order valence-corrected chi connectivity index (χ0v) is 12.3. The molecule has 0 unspecified atom stereocenters. The molecule has 0 bridgehead atoms. The highest BCUT2D eigenvalue weighted by molar-refractivity contribution is 7.80. The standard InChI is InChI=1S/C14H15N3O2S/c1-9-10(2)16-13(18-3)12(15-9)17-14(20)19-11-7-5-4-6-8-11/h4-8H,1-3H3,(H,15,17,20). The Morgan fingerprint density at radius 3 is 2.40 bits per heavy atom. The Hall–Kier alpha value is -2.21. The summed E-state index contributed by atoms with van der Waals surface area (Å²) in [7, 11) is 1.53. The van der Waals surface area contributed by atoms with Crippen LogP contribution in [0.2, 0.25) is 0 Å². The van der Waals surface area contributed by atoms with Crippen LogP contribution in [0.25, 0.3) is 0 Å². The van der Waals surface area contributed by atoms with E-state index < -0.39 is 0 Å². The minimum Gasteiger partial charge on any atom is -0.478 e. The maximum atomic E-state index is 5.48. The summed E-state index contributed by atoms with van der Waals surface area (Å²) in [6.45, 7) is 3.74. The van der Waals surface area contributed by atoms with Crippen LogP contribution >= 0.6 is 12.2 Å². The van der Waals surface area contributed by atoms with Gasteiger partial charge in [-0.3, -0.25) is 5.32 Å². The Morgan fingerprint density at radius 2 is 1.75 bits per heavy atom. The van der Waals surface area contributed by atoms with Gasteiger partial charge in [-0.1, -0.05) is 18.2 Å². The van der Waals surface area contributed by atoms with Crippen LogP contribution in [0.1, 0.15) is 11.4 Å². The fourth-order valence-electron chi connectivity index (χ4n) is 1.52. The number of rotatable bonds is 3. The molecule has 0 spiro atoms. The third kappa shape index (κ3) is 3.42. The second-order valence-electron chi connectivity index (χ2n) is 4.08. The molecule has 1 aromatic heterocycles. The van der Waals surface area contributed by atoms with Crippen molar-refractivity contribution in [3.05, 3.63) is 41.7 Å². The predicted molar refractivity (Wildman–Crippen MR) is 81.3 cm³/mol. The third-order valence-corrected chi connectivity index (χ3v) is 2.83. The number of nitrogens with zero attached hydrogens (tertiary/aromatic N) is 2. The van der Waals surface area contributed by atoms with Gasteiger partial charge >= 0.3 is 0 Å². The van der Waals surface area contributed by atoms with E-state index in [1.807, 2.05) is 44.2 Å². The van der Waals surface area contributed by atoms with E-state index in [4.69, 9.17) is 21.7 Å². The summed E-state index contributed by atoms with van der Waals surface area (Å²) >= 11 is 5.15. The quantitative estimate of drug-likeness (QED) is 0.877. The topological polar surface area (TPSA) is 56.3 Å². The number of aromatic nitrogens is 2. The average molecular weight is 289 g/mol. The molecule has 0 aliphatic rings. The number of ether oxygens (including phenoxy) is 2. The van der Waals surface area contributed by atoms with Gasteiger partial charge in [-0.15, -0.1) is 0 Å². The van der Waals surface area contributed by atoms with Crippen molar-refractivity contribution in [2.75, 3.05) is 12.4 Å². The van der Waals surface area contributed by atoms with Gasteiger partial charge < -0.3 is 9.47 Å². The van der Waals surface area contributed by atoms with E-state index in [0.29, 0.717) is 17.4 Å². The summed E-state index contributed by atoms with van der Waals surface area (Å²) in [4.78, 5) is 8.65. The van der Waals surface area contributed by atoms with Crippen LogP contribution in [0.15, 0.2) is 30.3 Å². The van der Waals surface area contributed by atoms with Crippen LogP contribution in [0.3, 0.4) is 0 Å². The molecule has 0 atom stereocenters. The molecule has 20 heavy (non-hydrogen) atoms. The Bertz CT molecular complexity index is 617. The molecule has 0 fully saturated rings. The van der Waals surface area contributed by atoms with Crippen LogP contribution in [0, 0.1) is 13.8 Å². The molecule has 0 saturated carbocycles. The number of methoxy groups -OCH3 is 1. The van der Waals surface area contributed by atoms with E-state index in [2.05, 4.69) is 15.3 Å². The van der Waals surface area contributed by atoms with Crippen molar-refractivity contribution in [1.29, 1.82) is 0 Å². The molecule has 2 rings (SSSR count). The van der Waals surface area contributed by atoms with E-state index in [0.717, 1.165) is 11.4 Å². The summed E-state index contributed by atoms with van der Waals surface area (Å²) in [5.41, 5.74) is 1.61. The highest BCUT2D eigenvalue weighted by Gasteiger charge is 2.11. The highest BCUT2D eigenvalue weighted by Crippen LogP contribution is 2.21. The SMILES string of the molecule is COc1nc(C)c(C)nc1NC(=S)Oc1ccccc1. The molecule has 1 N–H and O–H groups in total. The molecule has 1 heterocycles. The monoisotopic (exact) mass is 289 g/mol. The normalized spacial score (nSPS) is 9.95. The minimum absolute atomic E-state index is 0.187. The predicted octanol–water partition coefficient (Wildman–Crippen LogP) is 2.88. The van der Waals surface area contributed by atoms with E-state index >= 15 is 0 Å². The van der Waals surface area contributed by atoms with Crippen molar-refractivity contribution >= 4 is 23.2 Å². The smallest absolute Gasteiger partial charge is 0.268 e. The lowest BCUT2D eigenvalue weighted by atomic mass is 10.3. The fraction of sp³-hybridized carbons (Fsp3) is 0.214. The van der Waals surface area contributed by atoms with Gasteiger partial charge in [0.1, 0.15) is 5.75 Å². The molecule has 0 radical (unpaired) electrons. The Morgan fingerprint density at radius 1 is 1.10 bits per heavy atom. The molecule has 1 aromatic carbocycles. The number of hydrogen-bond donors (Lipinski definition) is 1. The Balaban J connectivity index is 2.13. The molecule has 0 saturated heterocycles. The second-order valence-corrected chi connectivity index (χ2v) is 4.45. The summed E-state index contributed by atoms with van der Waals surface area (Å²) in [5, 5.41) is 3.08. The van der Waals surface area contributed by atoms with E-state index in [9.17, 15) is 0 Å². The van der Waals surface area contributed by atoms with Crippen LogP contribution in [0.4, 0.5) is 5.82 Å². The summed E-state index contributed by atoms with van der Waals surface area (Å²) in [6.07, 6.45) is 0. The van der Waals surface area contributed by atoms with Crippen LogP contribution < -0.4 is 14.8 Å². The van der Waals surface area contributed by atoms with Gasteiger partial charge in [0.2, 0.25) is 0 Å². The molecule has 2 aromatic rings. The third-order valence-electron chi connectivity index (χ3n) is 2.64. The van der Waals surface area contributed by atoms with E-state index in [-0.39, 0.29) is 5.17 Å². The zero-order chi connectivity index (χ0) is 14.5. The van der Waals surface area contributed by atoms with Crippen molar-refractivity contribution < 1.29 is 9.47 Å². The Labute approximate surface area is 123 Å². The van der Waals surface area contributed by atoms with Gasteiger partial charge in [-0.2, -0.15) is 0 Å². The van der Waals surface area contributed by atoms with Gasteiger partial charge in [0, 0.05) is 0 Å². The average Bonchev–Trinajstić information content (AvgIpc) is 2.43. The lowest BCUT2D eigenvalue weighted by Gasteiger charge is -2.12. The fourth-order valence-corrected chi connectivity index (χ4v) is 1.72. The first-order chi connectivity index (χ1) is 9.60. The van der Waals surface area contributed by atoms with Crippen molar-refractivity contribution in [2.24, 2.45) is 0 Å². The molecular formula is C14H15N3O2S. The van der Waals surface area contributed by atoms with Crippen LogP contribution in [-0.2, 0) is 0 Å². The van der Waals surface area contributed by atoms with E-state index in [1.54, 1.807) is 0 Å². The first kappa shape index (κ1) is 14.2. The lowest BCUT2D eigenvalue weighted by molar-refractivity contribution is 0.396. The van der Waals surface area contributed by atoms with Crippen molar-refractivity contribution in [1.82, 2.24) is 9.97 Å². The molecule has 5 nitrogen and oxygen atoms in total. The van der Waals surface area contributed by atoms with Gasteiger partial charge in [-0.05, 0) is 38.2 Å². The highest BCUT2D eigenvalue weighted by atomic mass is 32.1. The molecule has 6 heteroatoms. The molecule has 0 aliphatic carbocycles. The summed E-state index contributed by atoms with van der Waals surface area (Å²) in [5.74, 6) is 1.48. The van der Waals surface area contributed by atoms with Crippen LogP contribution in [0.5, 0.6) is 11.6 Å². The van der Waals surface area contributed by atoms with E-state index in [1.165, 1.54) is 7.11 Å². The maximum absolute atomic E-state index is 5.48. The molecule has 0 amide bonds. The number of nitrogens with one attached hydrogen (secondary N) is 1. The first-order valence-electron chi connectivity index (χ1n) is 6.03. The first-order valence-corrected chi connectivity index (χ1v) is 6.44. The number of hydrogen-bond acceptors (Lipinski definition) is 5. The number of benzene rings is 1. The molecule has 104 valence electrons. The zero-order valence-electron chi connectivity index (χ0n) is 11.5. The second kappa shape index (κ2) is 6.29. The largest absolute Gasteiger partial charge is 0.478 e. The van der Waals surface area contributed by atoms with Crippen molar-refractivity contribution in [2.45, 2.75) is 13.8 Å². The van der Waals surface area contributed by atoms with Gasteiger partial charge in [-0.25, -0.2) is 9.97 Å². The Kier molecular flexibility index (Phi) is 4.47. The number of anilines is 1. The van der Waals surface area contributed by atoms with Crippen molar-refractivity contribution in [3.8, 4) is 11.6 Å². The van der Waals surface area contributed by atoms with Gasteiger partial charge in [0.15, 0.2) is 5.82 Å². The van der Waals surface area contributed by atoms with Crippen molar-refractivity contribution in [3.63, 3.8) is 0 Å². The van der Waals surface area contributed by atoms with Crippen LogP contribution in [-0.4, -0.2) is 22.3 Å². The molecular weight excluding hydrogens is 274 g/mol. The number of para-hydroxylation sites is 1. The number of aryl methyl sites for hydroxylation is 2. The lowest BCUT2D eigenvalue weighted by Crippen LogP contribution is -2.18.